The van der Waals surface area contributed by atoms with Gasteiger partial charge in [0.25, 0.3) is 5.91 Å². The zero-order valence-corrected chi connectivity index (χ0v) is 12.6. The number of carbonyl (C=O) groups is 1. The average molecular weight is 297 g/mol. The van der Waals surface area contributed by atoms with Crippen LogP contribution in [0.2, 0.25) is 0 Å². The molecule has 0 spiro atoms. The molecule has 0 unspecified atom stereocenters. The number of amides is 1. The van der Waals surface area contributed by atoms with Gasteiger partial charge in [-0.2, -0.15) is 5.10 Å². The van der Waals surface area contributed by atoms with E-state index in [0.29, 0.717) is 19.1 Å². The number of nitrogens with zero attached hydrogens (tertiary/aromatic N) is 4. The summed E-state index contributed by atoms with van der Waals surface area (Å²) in [6, 6.07) is 6.22. The summed E-state index contributed by atoms with van der Waals surface area (Å²) in [5, 5.41) is 8.07. The van der Waals surface area contributed by atoms with Gasteiger partial charge >= 0.3 is 0 Å². The number of pyridine rings is 1. The molecule has 0 radical (unpaired) electrons. The first-order valence-electron chi connectivity index (χ1n) is 7.73. The van der Waals surface area contributed by atoms with Crippen LogP contribution in [0.25, 0.3) is 0 Å². The Labute approximate surface area is 129 Å². The number of hydrogen-bond donors (Lipinski definition) is 1. The third-order valence-electron chi connectivity index (χ3n) is 4.41. The highest BCUT2D eigenvalue weighted by atomic mass is 16.2. The maximum atomic E-state index is 12.8. The van der Waals surface area contributed by atoms with E-state index in [0.717, 1.165) is 42.2 Å². The highest BCUT2D eigenvalue weighted by molar-refractivity contribution is 5.95. The molecule has 22 heavy (non-hydrogen) atoms. The lowest BCUT2D eigenvalue weighted by atomic mass is 10.0. The van der Waals surface area contributed by atoms with Crippen LogP contribution in [-0.2, 0) is 26.1 Å². The first-order chi connectivity index (χ1) is 10.7. The fourth-order valence-corrected chi connectivity index (χ4v) is 3.24. The van der Waals surface area contributed by atoms with Crippen molar-refractivity contribution in [3.63, 3.8) is 0 Å². The molecule has 6 nitrogen and oxygen atoms in total. The van der Waals surface area contributed by atoms with Gasteiger partial charge in [0.1, 0.15) is 5.69 Å². The second kappa shape index (κ2) is 5.21. The van der Waals surface area contributed by atoms with Gasteiger partial charge in [-0.15, -0.1) is 0 Å². The second-order valence-electron chi connectivity index (χ2n) is 6.03. The minimum atomic E-state index is 0.0713. The number of carbonyl (C=O) groups excluding carboxylic acids is 1. The van der Waals surface area contributed by atoms with Crippen LogP contribution in [0.1, 0.15) is 34.4 Å². The van der Waals surface area contributed by atoms with Gasteiger partial charge in [0.2, 0.25) is 0 Å². The van der Waals surface area contributed by atoms with Gasteiger partial charge in [-0.25, -0.2) is 0 Å². The third kappa shape index (κ3) is 2.20. The summed E-state index contributed by atoms with van der Waals surface area (Å²) in [5.41, 5.74) is 3.84. The summed E-state index contributed by atoms with van der Waals surface area (Å²) < 4.78 is 1.89. The first kappa shape index (κ1) is 13.5. The van der Waals surface area contributed by atoms with Crippen molar-refractivity contribution < 1.29 is 4.79 Å². The van der Waals surface area contributed by atoms with E-state index in [4.69, 9.17) is 0 Å². The van der Waals surface area contributed by atoms with Crippen molar-refractivity contribution in [2.24, 2.45) is 0 Å². The topological polar surface area (TPSA) is 63.1 Å². The molecule has 0 bridgehead atoms. The molecule has 1 atom stereocenters. The Hall–Kier alpha value is -2.21. The van der Waals surface area contributed by atoms with Gasteiger partial charge in [0.05, 0.1) is 24.5 Å². The van der Waals surface area contributed by atoms with Crippen LogP contribution < -0.4 is 5.32 Å². The van der Waals surface area contributed by atoms with Crippen molar-refractivity contribution in [1.82, 2.24) is 25.0 Å². The quantitative estimate of drug-likeness (QED) is 0.897. The Morgan fingerprint density at radius 2 is 2.27 bits per heavy atom. The molecule has 6 heteroatoms. The number of nitrogens with one attached hydrogen (secondary N) is 1. The Bertz CT molecular complexity index is 709. The Morgan fingerprint density at radius 1 is 1.36 bits per heavy atom. The molecule has 0 aliphatic carbocycles. The Balaban J connectivity index is 1.63. The molecule has 1 N–H and O–H groups in total. The van der Waals surface area contributed by atoms with Crippen LogP contribution in [-0.4, -0.2) is 38.2 Å². The van der Waals surface area contributed by atoms with E-state index in [9.17, 15) is 4.79 Å². The number of rotatable bonds is 2. The lowest BCUT2D eigenvalue weighted by Crippen LogP contribution is -2.41. The van der Waals surface area contributed by atoms with E-state index in [1.54, 1.807) is 6.20 Å². The lowest BCUT2D eigenvalue weighted by molar-refractivity contribution is 0.0679. The van der Waals surface area contributed by atoms with Crippen molar-refractivity contribution in [3.8, 4) is 0 Å². The van der Waals surface area contributed by atoms with E-state index >= 15 is 0 Å². The van der Waals surface area contributed by atoms with Gasteiger partial charge in [-0.1, -0.05) is 6.07 Å². The summed E-state index contributed by atoms with van der Waals surface area (Å²) in [5.74, 6) is 0.0713. The summed E-state index contributed by atoms with van der Waals surface area (Å²) in [6.45, 7) is 4.89. The van der Waals surface area contributed by atoms with Gasteiger partial charge in [0, 0.05) is 37.3 Å². The van der Waals surface area contributed by atoms with Crippen molar-refractivity contribution in [2.75, 3.05) is 6.54 Å². The predicted molar refractivity (Wildman–Crippen MR) is 81.2 cm³/mol. The third-order valence-corrected chi connectivity index (χ3v) is 4.41. The molecule has 4 heterocycles. The smallest absolute Gasteiger partial charge is 0.272 e. The van der Waals surface area contributed by atoms with Crippen molar-refractivity contribution in [1.29, 1.82) is 0 Å². The fraction of sp³-hybridized carbons (Fsp3) is 0.438. The molecular weight excluding hydrogens is 278 g/mol. The zero-order valence-electron chi connectivity index (χ0n) is 12.6. The van der Waals surface area contributed by atoms with E-state index in [1.807, 2.05) is 27.8 Å². The minimum Gasteiger partial charge on any atom is -0.330 e. The Kier molecular flexibility index (Phi) is 3.18. The maximum Gasteiger partial charge on any atom is 0.272 e. The lowest BCUT2D eigenvalue weighted by Gasteiger charge is -2.28. The standard InChI is InChI=1S/C16H19N5O/c1-11-8-14-13(9-18-11)15-16(22)20(6-7-21(15)19-14)10-12-4-2-3-5-17-12/h2-5,11,18H,6-10H2,1H3/t11-/m1/s1. The second-order valence-corrected chi connectivity index (χ2v) is 6.03. The monoisotopic (exact) mass is 297 g/mol. The molecule has 2 aromatic rings. The van der Waals surface area contributed by atoms with E-state index < -0.39 is 0 Å². The average Bonchev–Trinajstić information content (AvgIpc) is 2.89. The van der Waals surface area contributed by atoms with E-state index in [2.05, 4.69) is 22.3 Å². The molecule has 2 aliphatic rings. The molecule has 0 fully saturated rings. The van der Waals surface area contributed by atoms with Crippen LogP contribution in [0.15, 0.2) is 24.4 Å². The molecule has 0 aromatic carbocycles. The Morgan fingerprint density at radius 3 is 3.09 bits per heavy atom. The van der Waals surface area contributed by atoms with Crippen LogP contribution in [0.3, 0.4) is 0 Å². The molecule has 1 amide bonds. The van der Waals surface area contributed by atoms with Crippen LogP contribution in [0, 0.1) is 0 Å². The van der Waals surface area contributed by atoms with Crippen molar-refractivity contribution in [2.45, 2.75) is 39.0 Å². The van der Waals surface area contributed by atoms with Crippen LogP contribution in [0.4, 0.5) is 0 Å². The van der Waals surface area contributed by atoms with E-state index in [1.165, 1.54) is 0 Å². The number of fused-ring (bicyclic) bond motifs is 3. The summed E-state index contributed by atoms with van der Waals surface area (Å²) in [4.78, 5) is 19.0. The van der Waals surface area contributed by atoms with E-state index in [-0.39, 0.29) is 5.91 Å². The highest BCUT2D eigenvalue weighted by Crippen LogP contribution is 2.24. The summed E-state index contributed by atoms with van der Waals surface area (Å²) in [7, 11) is 0. The molecule has 0 saturated heterocycles. The molecule has 2 aromatic heterocycles. The SMILES string of the molecule is C[C@@H]1Cc2nn3c(c2CN1)C(=O)N(Cc1ccccn1)CC3. The summed E-state index contributed by atoms with van der Waals surface area (Å²) in [6.07, 6.45) is 2.66. The molecule has 0 saturated carbocycles. The number of hydrogen-bond acceptors (Lipinski definition) is 4. The summed E-state index contributed by atoms with van der Waals surface area (Å²) >= 11 is 0. The minimum absolute atomic E-state index is 0.0713. The number of aromatic nitrogens is 3. The maximum absolute atomic E-state index is 12.8. The van der Waals surface area contributed by atoms with Crippen LogP contribution >= 0.6 is 0 Å². The molecule has 2 aliphatic heterocycles. The fourth-order valence-electron chi connectivity index (χ4n) is 3.24. The molecule has 4 rings (SSSR count). The van der Waals surface area contributed by atoms with Gasteiger partial charge in [0.15, 0.2) is 0 Å². The van der Waals surface area contributed by atoms with Crippen molar-refractivity contribution in [3.05, 3.63) is 47.0 Å². The van der Waals surface area contributed by atoms with Gasteiger partial charge < -0.3 is 10.2 Å². The predicted octanol–water partition coefficient (Wildman–Crippen LogP) is 0.968. The molecular formula is C16H19N5O. The van der Waals surface area contributed by atoms with Crippen LogP contribution in [0.5, 0.6) is 0 Å². The van der Waals surface area contributed by atoms with Gasteiger partial charge in [-0.3, -0.25) is 14.5 Å². The van der Waals surface area contributed by atoms with Gasteiger partial charge in [-0.05, 0) is 19.1 Å². The van der Waals surface area contributed by atoms with Crippen molar-refractivity contribution >= 4 is 5.91 Å². The normalized spacial score (nSPS) is 20.7. The highest BCUT2D eigenvalue weighted by Gasteiger charge is 2.33. The molecule has 114 valence electrons. The zero-order chi connectivity index (χ0) is 15.1. The first-order valence-corrected chi connectivity index (χ1v) is 7.73. The largest absolute Gasteiger partial charge is 0.330 e.